The maximum absolute atomic E-state index is 12.4. The molecule has 3 aromatic rings. The van der Waals surface area contributed by atoms with Gasteiger partial charge in [-0.1, -0.05) is 12.1 Å². The van der Waals surface area contributed by atoms with Crippen LogP contribution < -0.4 is 10.2 Å². The Morgan fingerprint density at radius 1 is 1.13 bits per heavy atom. The third kappa shape index (κ3) is 3.40. The van der Waals surface area contributed by atoms with Crippen LogP contribution in [-0.4, -0.2) is 29.6 Å². The van der Waals surface area contributed by atoms with Gasteiger partial charge in [0.1, 0.15) is 0 Å². The lowest BCUT2D eigenvalue weighted by Crippen LogP contribution is -2.14. The molecule has 0 atom stereocenters. The average Bonchev–Trinajstić information content (AvgIpc) is 3.10. The van der Waals surface area contributed by atoms with Crippen LogP contribution in [0.5, 0.6) is 0 Å². The summed E-state index contributed by atoms with van der Waals surface area (Å²) in [6.07, 6.45) is 5.31. The van der Waals surface area contributed by atoms with Gasteiger partial charge in [0, 0.05) is 49.1 Å². The molecule has 0 fully saturated rings. The molecule has 0 aliphatic carbocycles. The van der Waals surface area contributed by atoms with E-state index in [0.29, 0.717) is 5.56 Å². The number of nitrogens with zero attached hydrogens (tertiary/aromatic N) is 3. The van der Waals surface area contributed by atoms with Crippen molar-refractivity contribution < 1.29 is 4.79 Å². The highest BCUT2D eigenvalue weighted by atomic mass is 16.1. The maximum atomic E-state index is 12.4. The van der Waals surface area contributed by atoms with Gasteiger partial charge in [-0.25, -0.2) is 4.98 Å². The van der Waals surface area contributed by atoms with Crippen LogP contribution in [0.25, 0.3) is 5.69 Å². The minimum absolute atomic E-state index is 0.128. The van der Waals surface area contributed by atoms with Crippen molar-refractivity contribution in [1.82, 2.24) is 9.55 Å². The minimum atomic E-state index is -0.128. The first kappa shape index (κ1) is 14.8. The molecule has 3 rings (SSSR count). The van der Waals surface area contributed by atoms with E-state index < -0.39 is 0 Å². The number of hydrogen-bond acceptors (Lipinski definition) is 3. The molecular formula is C18H18N4O. The normalized spacial score (nSPS) is 10.3. The number of nitrogens with one attached hydrogen (secondary N) is 1. The SMILES string of the molecule is CN(C)c1cccc(C(=O)Nc2cccc(-n3ccnc3)c2)c1. The van der Waals surface area contributed by atoms with Crippen molar-refractivity contribution in [2.45, 2.75) is 0 Å². The van der Waals surface area contributed by atoms with E-state index in [-0.39, 0.29) is 5.91 Å². The first-order valence-electron chi connectivity index (χ1n) is 7.30. The van der Waals surface area contributed by atoms with E-state index in [9.17, 15) is 4.79 Å². The average molecular weight is 306 g/mol. The second-order valence-corrected chi connectivity index (χ2v) is 5.42. The number of imidazole rings is 1. The van der Waals surface area contributed by atoms with E-state index in [1.54, 1.807) is 12.5 Å². The standard InChI is InChI=1S/C18H18N4O/c1-21(2)16-7-3-5-14(11-16)18(23)20-15-6-4-8-17(12-15)22-10-9-19-13-22/h3-13H,1-2H3,(H,20,23). The molecule has 23 heavy (non-hydrogen) atoms. The van der Waals surface area contributed by atoms with Crippen LogP contribution in [0.15, 0.2) is 67.3 Å². The van der Waals surface area contributed by atoms with Crippen molar-refractivity contribution in [2.75, 3.05) is 24.3 Å². The van der Waals surface area contributed by atoms with Gasteiger partial charge in [0.2, 0.25) is 0 Å². The summed E-state index contributed by atoms with van der Waals surface area (Å²) < 4.78 is 1.89. The quantitative estimate of drug-likeness (QED) is 0.805. The lowest BCUT2D eigenvalue weighted by Gasteiger charge is -2.13. The van der Waals surface area contributed by atoms with Gasteiger partial charge in [0.25, 0.3) is 5.91 Å². The molecule has 1 heterocycles. The van der Waals surface area contributed by atoms with E-state index in [2.05, 4.69) is 10.3 Å². The van der Waals surface area contributed by atoms with Gasteiger partial charge < -0.3 is 14.8 Å². The predicted molar refractivity (Wildman–Crippen MR) is 92.3 cm³/mol. The molecule has 116 valence electrons. The lowest BCUT2D eigenvalue weighted by atomic mass is 10.1. The van der Waals surface area contributed by atoms with Crippen molar-refractivity contribution >= 4 is 17.3 Å². The minimum Gasteiger partial charge on any atom is -0.378 e. The lowest BCUT2D eigenvalue weighted by molar-refractivity contribution is 0.102. The fourth-order valence-corrected chi connectivity index (χ4v) is 2.28. The van der Waals surface area contributed by atoms with Crippen LogP contribution in [0.3, 0.4) is 0 Å². The summed E-state index contributed by atoms with van der Waals surface area (Å²) in [5, 5.41) is 2.94. The second-order valence-electron chi connectivity index (χ2n) is 5.42. The molecule has 0 aliphatic rings. The first-order valence-corrected chi connectivity index (χ1v) is 7.30. The van der Waals surface area contributed by atoms with Gasteiger partial charge in [0.05, 0.1) is 6.33 Å². The largest absolute Gasteiger partial charge is 0.378 e. The summed E-state index contributed by atoms with van der Waals surface area (Å²) in [6, 6.07) is 15.2. The number of anilines is 2. The fraction of sp³-hybridized carbons (Fsp3) is 0.111. The number of amides is 1. The molecule has 0 saturated heterocycles. The summed E-state index contributed by atoms with van der Waals surface area (Å²) in [4.78, 5) is 18.4. The Kier molecular flexibility index (Phi) is 4.10. The monoisotopic (exact) mass is 306 g/mol. The highest BCUT2D eigenvalue weighted by Crippen LogP contribution is 2.17. The molecule has 0 bridgehead atoms. The van der Waals surface area contributed by atoms with E-state index in [1.165, 1.54) is 0 Å². The fourth-order valence-electron chi connectivity index (χ4n) is 2.28. The number of aromatic nitrogens is 2. The van der Waals surface area contributed by atoms with E-state index in [0.717, 1.165) is 17.1 Å². The molecule has 0 radical (unpaired) electrons. The zero-order valence-electron chi connectivity index (χ0n) is 13.1. The maximum Gasteiger partial charge on any atom is 0.255 e. The molecular weight excluding hydrogens is 288 g/mol. The summed E-state index contributed by atoms with van der Waals surface area (Å²) >= 11 is 0. The van der Waals surface area contributed by atoms with Crippen molar-refractivity contribution in [2.24, 2.45) is 0 Å². The molecule has 1 N–H and O–H groups in total. The van der Waals surface area contributed by atoms with Crippen molar-refractivity contribution in [3.63, 3.8) is 0 Å². The van der Waals surface area contributed by atoms with Crippen molar-refractivity contribution in [3.05, 3.63) is 72.8 Å². The van der Waals surface area contributed by atoms with Crippen LogP contribution >= 0.6 is 0 Å². The molecule has 1 amide bonds. The number of rotatable bonds is 4. The van der Waals surface area contributed by atoms with Gasteiger partial charge in [-0.2, -0.15) is 0 Å². The molecule has 2 aromatic carbocycles. The van der Waals surface area contributed by atoms with Gasteiger partial charge >= 0.3 is 0 Å². The zero-order valence-corrected chi connectivity index (χ0v) is 13.1. The van der Waals surface area contributed by atoms with Gasteiger partial charge in [-0.3, -0.25) is 4.79 Å². The first-order chi connectivity index (χ1) is 11.1. The van der Waals surface area contributed by atoms with Crippen LogP contribution in [-0.2, 0) is 0 Å². The number of carbonyl (C=O) groups excluding carboxylic acids is 1. The van der Waals surface area contributed by atoms with Crippen LogP contribution in [0.4, 0.5) is 11.4 Å². The van der Waals surface area contributed by atoms with Gasteiger partial charge in [-0.05, 0) is 36.4 Å². The molecule has 5 heteroatoms. The molecule has 1 aromatic heterocycles. The zero-order chi connectivity index (χ0) is 16.2. The Hall–Kier alpha value is -3.08. The molecule has 0 unspecified atom stereocenters. The Bertz CT molecular complexity index is 809. The highest BCUT2D eigenvalue weighted by molar-refractivity contribution is 6.04. The Balaban J connectivity index is 1.80. The predicted octanol–water partition coefficient (Wildman–Crippen LogP) is 3.19. The number of carbonyl (C=O) groups is 1. The number of hydrogen-bond donors (Lipinski definition) is 1. The van der Waals surface area contributed by atoms with Crippen LogP contribution in [0.2, 0.25) is 0 Å². The highest BCUT2D eigenvalue weighted by Gasteiger charge is 2.08. The summed E-state index contributed by atoms with van der Waals surface area (Å²) in [6.45, 7) is 0. The van der Waals surface area contributed by atoms with E-state index in [4.69, 9.17) is 0 Å². The molecule has 0 spiro atoms. The molecule has 5 nitrogen and oxygen atoms in total. The Labute approximate surface area is 135 Å². The molecule has 0 saturated carbocycles. The summed E-state index contributed by atoms with van der Waals surface area (Å²) in [5.41, 5.74) is 3.31. The second kappa shape index (κ2) is 6.36. The van der Waals surface area contributed by atoms with E-state index in [1.807, 2.05) is 78.3 Å². The van der Waals surface area contributed by atoms with Crippen molar-refractivity contribution in [1.29, 1.82) is 0 Å². The topological polar surface area (TPSA) is 50.2 Å². The smallest absolute Gasteiger partial charge is 0.255 e. The Morgan fingerprint density at radius 2 is 1.96 bits per heavy atom. The third-order valence-corrected chi connectivity index (χ3v) is 3.53. The van der Waals surface area contributed by atoms with Crippen LogP contribution in [0.1, 0.15) is 10.4 Å². The Morgan fingerprint density at radius 3 is 2.70 bits per heavy atom. The van der Waals surface area contributed by atoms with Crippen LogP contribution in [0, 0.1) is 0 Å². The van der Waals surface area contributed by atoms with E-state index >= 15 is 0 Å². The van der Waals surface area contributed by atoms with Gasteiger partial charge in [-0.15, -0.1) is 0 Å². The molecule has 0 aliphatic heterocycles. The summed E-state index contributed by atoms with van der Waals surface area (Å²) in [5.74, 6) is -0.128. The van der Waals surface area contributed by atoms with Crippen molar-refractivity contribution in [3.8, 4) is 5.69 Å². The number of benzene rings is 2. The third-order valence-electron chi connectivity index (χ3n) is 3.53. The van der Waals surface area contributed by atoms with Gasteiger partial charge in [0.15, 0.2) is 0 Å². The summed E-state index contributed by atoms with van der Waals surface area (Å²) in [7, 11) is 3.90.